The Hall–Kier alpha value is -1.77. The van der Waals surface area contributed by atoms with Crippen LogP contribution in [0.1, 0.15) is 20.8 Å². The molecule has 2 amide bonds. The number of rotatable bonds is 5. The third kappa shape index (κ3) is 5.20. The second kappa shape index (κ2) is 6.74. The van der Waals surface area contributed by atoms with Crippen LogP contribution in [0.3, 0.4) is 0 Å². The summed E-state index contributed by atoms with van der Waals surface area (Å²) in [7, 11) is 1.53. The molecule has 2 N–H and O–H groups in total. The molecule has 6 heteroatoms. The van der Waals surface area contributed by atoms with Gasteiger partial charge in [0.25, 0.3) is 0 Å². The van der Waals surface area contributed by atoms with Gasteiger partial charge < -0.3 is 15.3 Å². The van der Waals surface area contributed by atoms with Crippen LogP contribution < -0.4 is 5.32 Å². The fourth-order valence-electron chi connectivity index (χ4n) is 1.29. The van der Waals surface area contributed by atoms with Gasteiger partial charge in [0.2, 0.25) is 0 Å². The molecular weight excluding hydrogens is 222 g/mol. The lowest BCUT2D eigenvalue weighted by Gasteiger charge is -2.23. The molecule has 0 bridgehead atoms. The van der Waals surface area contributed by atoms with Crippen molar-refractivity contribution in [3.8, 4) is 6.07 Å². The normalized spacial score (nSPS) is 13.6. The van der Waals surface area contributed by atoms with Crippen LogP contribution in [0.4, 0.5) is 4.79 Å². The van der Waals surface area contributed by atoms with Gasteiger partial charge in [0.1, 0.15) is 6.04 Å². The highest BCUT2D eigenvalue weighted by atomic mass is 16.4. The number of nitrogens with one attached hydrogen (secondary N) is 1. The van der Waals surface area contributed by atoms with Gasteiger partial charge in [-0.3, -0.25) is 0 Å². The molecule has 0 aliphatic carbocycles. The number of nitriles is 1. The van der Waals surface area contributed by atoms with Crippen molar-refractivity contribution in [2.75, 3.05) is 13.6 Å². The van der Waals surface area contributed by atoms with Crippen LogP contribution in [0.5, 0.6) is 0 Å². The average Bonchev–Trinajstić information content (AvgIpc) is 2.23. The molecule has 0 spiro atoms. The molecule has 0 aromatic rings. The van der Waals surface area contributed by atoms with E-state index in [4.69, 9.17) is 10.4 Å². The number of carbonyl (C=O) groups is 2. The van der Waals surface area contributed by atoms with Gasteiger partial charge >= 0.3 is 12.0 Å². The van der Waals surface area contributed by atoms with E-state index in [1.807, 2.05) is 6.07 Å². The summed E-state index contributed by atoms with van der Waals surface area (Å²) in [6.45, 7) is 5.40. The maximum absolute atomic E-state index is 11.7. The van der Waals surface area contributed by atoms with Crippen molar-refractivity contribution in [1.29, 1.82) is 5.26 Å². The van der Waals surface area contributed by atoms with Crippen molar-refractivity contribution in [3.05, 3.63) is 0 Å². The zero-order chi connectivity index (χ0) is 13.6. The first-order valence-corrected chi connectivity index (χ1v) is 5.43. The number of carboxylic acids is 1. The molecular formula is C11H19N3O3. The van der Waals surface area contributed by atoms with E-state index in [0.717, 1.165) is 0 Å². The molecule has 0 aliphatic rings. The van der Waals surface area contributed by atoms with Gasteiger partial charge in [0, 0.05) is 13.6 Å². The van der Waals surface area contributed by atoms with Crippen molar-refractivity contribution in [2.24, 2.45) is 11.8 Å². The molecule has 0 aliphatic heterocycles. The predicted octanol–water partition coefficient (Wildman–Crippen LogP) is 0.897. The smallest absolute Gasteiger partial charge is 0.326 e. The Kier molecular flexibility index (Phi) is 6.03. The number of amides is 2. The van der Waals surface area contributed by atoms with Crippen molar-refractivity contribution in [3.63, 3.8) is 0 Å². The number of hydrogen-bond acceptors (Lipinski definition) is 3. The molecule has 96 valence electrons. The summed E-state index contributed by atoms with van der Waals surface area (Å²) in [6, 6.07) is 0.619. The summed E-state index contributed by atoms with van der Waals surface area (Å²) < 4.78 is 0. The minimum atomic E-state index is -1.06. The Balaban J connectivity index is 4.42. The first-order valence-electron chi connectivity index (χ1n) is 5.43. The molecule has 0 heterocycles. The van der Waals surface area contributed by atoms with Gasteiger partial charge in [-0.2, -0.15) is 5.26 Å². The van der Waals surface area contributed by atoms with E-state index >= 15 is 0 Å². The number of nitrogens with zero attached hydrogens (tertiary/aromatic N) is 2. The molecule has 1 unspecified atom stereocenters. The van der Waals surface area contributed by atoms with Crippen LogP contribution in [0.15, 0.2) is 0 Å². The summed E-state index contributed by atoms with van der Waals surface area (Å²) in [5.74, 6) is -1.54. The molecule has 6 nitrogen and oxygen atoms in total. The van der Waals surface area contributed by atoms with Gasteiger partial charge in [-0.15, -0.1) is 0 Å². The highest BCUT2D eigenvalue weighted by molar-refractivity contribution is 5.82. The Labute approximate surface area is 101 Å². The molecule has 0 aromatic carbocycles. The van der Waals surface area contributed by atoms with Crippen LogP contribution in [0.25, 0.3) is 0 Å². The Bertz CT molecular complexity index is 322. The van der Waals surface area contributed by atoms with Crippen LogP contribution in [-0.2, 0) is 4.79 Å². The monoisotopic (exact) mass is 241 g/mol. The SMILES string of the molecule is CC(C#N)CN(C)C(=O)N[C@H](C(=O)O)C(C)C. The van der Waals surface area contributed by atoms with Gasteiger partial charge in [0.15, 0.2) is 0 Å². The van der Waals surface area contributed by atoms with Gasteiger partial charge in [-0.05, 0) is 12.8 Å². The molecule has 0 rings (SSSR count). The third-order valence-corrected chi connectivity index (χ3v) is 2.33. The number of hydrogen-bond donors (Lipinski definition) is 2. The third-order valence-electron chi connectivity index (χ3n) is 2.33. The van der Waals surface area contributed by atoms with Gasteiger partial charge in [-0.25, -0.2) is 9.59 Å². The van der Waals surface area contributed by atoms with E-state index in [2.05, 4.69) is 5.32 Å². The number of carboxylic acid groups (broad SMARTS) is 1. The molecule has 0 radical (unpaired) electrons. The number of urea groups is 1. The topological polar surface area (TPSA) is 93.4 Å². The van der Waals surface area contributed by atoms with Crippen molar-refractivity contribution >= 4 is 12.0 Å². The van der Waals surface area contributed by atoms with Crippen molar-refractivity contribution < 1.29 is 14.7 Å². The van der Waals surface area contributed by atoms with E-state index in [1.54, 1.807) is 20.8 Å². The standard InChI is InChI=1S/C11H19N3O3/c1-7(2)9(10(15)16)13-11(17)14(4)6-8(3)5-12/h7-9H,6H2,1-4H3,(H,13,17)(H,15,16)/t8?,9-/m0/s1. The van der Waals surface area contributed by atoms with Crippen LogP contribution in [-0.4, -0.2) is 41.6 Å². The maximum atomic E-state index is 11.7. The van der Waals surface area contributed by atoms with Crippen LogP contribution in [0.2, 0.25) is 0 Å². The lowest BCUT2D eigenvalue weighted by molar-refractivity contribution is -0.140. The number of aliphatic carboxylic acids is 1. The highest BCUT2D eigenvalue weighted by Gasteiger charge is 2.25. The van der Waals surface area contributed by atoms with E-state index in [1.165, 1.54) is 11.9 Å². The lowest BCUT2D eigenvalue weighted by atomic mass is 10.1. The summed E-state index contributed by atoms with van der Waals surface area (Å²) in [5, 5.41) is 20.0. The largest absolute Gasteiger partial charge is 0.480 e. The van der Waals surface area contributed by atoms with Crippen LogP contribution in [0, 0.1) is 23.2 Å². The maximum Gasteiger partial charge on any atom is 0.326 e. The molecule has 0 fully saturated rings. The average molecular weight is 241 g/mol. The van der Waals surface area contributed by atoms with E-state index in [9.17, 15) is 9.59 Å². The van der Waals surface area contributed by atoms with Gasteiger partial charge in [0.05, 0.1) is 12.0 Å². The Morgan fingerprint density at radius 1 is 1.41 bits per heavy atom. The Morgan fingerprint density at radius 2 is 1.94 bits per heavy atom. The highest BCUT2D eigenvalue weighted by Crippen LogP contribution is 2.03. The van der Waals surface area contributed by atoms with E-state index in [-0.39, 0.29) is 18.4 Å². The van der Waals surface area contributed by atoms with Crippen molar-refractivity contribution in [2.45, 2.75) is 26.8 Å². The molecule has 0 aromatic heterocycles. The summed E-state index contributed by atoms with van der Waals surface area (Å²) in [4.78, 5) is 23.9. The minimum Gasteiger partial charge on any atom is -0.480 e. The Morgan fingerprint density at radius 3 is 2.29 bits per heavy atom. The first-order chi connectivity index (χ1) is 7.79. The van der Waals surface area contributed by atoms with Crippen LogP contribution >= 0.6 is 0 Å². The molecule has 0 saturated heterocycles. The minimum absolute atomic E-state index is 0.196. The van der Waals surface area contributed by atoms with E-state index < -0.39 is 18.0 Å². The lowest BCUT2D eigenvalue weighted by Crippen LogP contribution is -2.49. The fraction of sp³-hybridized carbons (Fsp3) is 0.727. The quantitative estimate of drug-likeness (QED) is 0.747. The predicted molar refractivity (Wildman–Crippen MR) is 62.2 cm³/mol. The van der Waals surface area contributed by atoms with E-state index in [0.29, 0.717) is 0 Å². The molecule has 2 atom stereocenters. The molecule has 17 heavy (non-hydrogen) atoms. The zero-order valence-electron chi connectivity index (χ0n) is 10.6. The zero-order valence-corrected chi connectivity index (χ0v) is 10.6. The fourth-order valence-corrected chi connectivity index (χ4v) is 1.29. The molecule has 0 saturated carbocycles. The summed E-state index contributed by atoms with van der Waals surface area (Å²) in [6.07, 6.45) is 0. The summed E-state index contributed by atoms with van der Waals surface area (Å²) in [5.41, 5.74) is 0. The second-order valence-corrected chi connectivity index (χ2v) is 4.42. The van der Waals surface area contributed by atoms with Crippen molar-refractivity contribution in [1.82, 2.24) is 10.2 Å². The number of carbonyl (C=O) groups excluding carboxylic acids is 1. The summed E-state index contributed by atoms with van der Waals surface area (Å²) >= 11 is 0. The second-order valence-electron chi connectivity index (χ2n) is 4.42. The van der Waals surface area contributed by atoms with Gasteiger partial charge in [-0.1, -0.05) is 13.8 Å². The first kappa shape index (κ1) is 15.2.